The van der Waals surface area contributed by atoms with Crippen molar-refractivity contribution in [2.75, 3.05) is 31.2 Å². The van der Waals surface area contributed by atoms with Crippen molar-refractivity contribution in [3.05, 3.63) is 24.0 Å². The van der Waals surface area contributed by atoms with E-state index in [2.05, 4.69) is 10.3 Å². The summed E-state index contributed by atoms with van der Waals surface area (Å²) >= 11 is 0. The second-order valence-electron chi connectivity index (χ2n) is 4.78. The van der Waals surface area contributed by atoms with Crippen LogP contribution in [0.1, 0.15) is 23.8 Å². The van der Waals surface area contributed by atoms with Crippen LogP contribution < -0.4 is 10.2 Å². The van der Waals surface area contributed by atoms with Crippen molar-refractivity contribution in [3.8, 4) is 0 Å². The summed E-state index contributed by atoms with van der Waals surface area (Å²) in [4.78, 5) is 28.8. The number of hydrogen-bond acceptors (Lipinski definition) is 5. The maximum atomic E-state index is 12.2. The van der Waals surface area contributed by atoms with Gasteiger partial charge in [0.1, 0.15) is 11.7 Å². The molecule has 0 aliphatic carbocycles. The van der Waals surface area contributed by atoms with Crippen LogP contribution in [0.3, 0.4) is 0 Å². The van der Waals surface area contributed by atoms with Crippen LogP contribution in [-0.2, 0) is 9.53 Å². The van der Waals surface area contributed by atoms with E-state index in [0.717, 1.165) is 12.1 Å². The number of nitrogens with one attached hydrogen (secondary N) is 1. The smallest absolute Gasteiger partial charge is 0.354 e. The topological polar surface area (TPSA) is 91.8 Å². The predicted octanol–water partition coefficient (Wildman–Crippen LogP) is 0.511. The number of anilines is 1. The summed E-state index contributed by atoms with van der Waals surface area (Å²) in [5, 5.41) is 11.7. The molecule has 1 saturated heterocycles. The lowest BCUT2D eigenvalue weighted by atomic mass is 10.2. The Balaban J connectivity index is 2.14. The molecule has 0 bridgehead atoms. The number of aromatic carboxylic acids is 1. The molecular formula is C14H19N3O4. The lowest BCUT2D eigenvalue weighted by Gasteiger charge is -2.36. The standard InChI is InChI=1S/C14H19N3O4/c1-2-5-15-13(18)12-9-21-7-6-17(12)10-3-4-11(14(19)20)16-8-10/h3-4,8,12H,2,5-7,9H2,1H3,(H,15,18)(H,19,20). The Morgan fingerprint density at radius 1 is 1.52 bits per heavy atom. The van der Waals surface area contributed by atoms with E-state index in [0.29, 0.717) is 26.3 Å². The Labute approximate surface area is 122 Å². The average molecular weight is 293 g/mol. The monoisotopic (exact) mass is 293 g/mol. The van der Waals surface area contributed by atoms with Crippen molar-refractivity contribution in [1.29, 1.82) is 0 Å². The predicted molar refractivity (Wildman–Crippen MR) is 76.5 cm³/mol. The Morgan fingerprint density at radius 3 is 2.95 bits per heavy atom. The second kappa shape index (κ2) is 7.03. The molecule has 21 heavy (non-hydrogen) atoms. The van der Waals surface area contributed by atoms with Gasteiger partial charge in [-0.15, -0.1) is 0 Å². The maximum Gasteiger partial charge on any atom is 0.354 e. The third kappa shape index (κ3) is 3.69. The fourth-order valence-corrected chi connectivity index (χ4v) is 2.18. The summed E-state index contributed by atoms with van der Waals surface area (Å²) in [6, 6.07) is 2.69. The fraction of sp³-hybridized carbons (Fsp3) is 0.500. The van der Waals surface area contributed by atoms with E-state index < -0.39 is 12.0 Å². The molecule has 0 spiro atoms. The van der Waals surface area contributed by atoms with Crippen molar-refractivity contribution in [2.45, 2.75) is 19.4 Å². The molecule has 1 atom stereocenters. The third-order valence-electron chi connectivity index (χ3n) is 3.28. The average Bonchev–Trinajstić information content (AvgIpc) is 2.52. The van der Waals surface area contributed by atoms with Crippen molar-refractivity contribution < 1.29 is 19.4 Å². The maximum absolute atomic E-state index is 12.2. The van der Waals surface area contributed by atoms with E-state index in [9.17, 15) is 9.59 Å². The van der Waals surface area contributed by atoms with Crippen LogP contribution in [0, 0.1) is 0 Å². The molecule has 1 aromatic rings. The van der Waals surface area contributed by atoms with Gasteiger partial charge in [-0.05, 0) is 18.6 Å². The zero-order valence-electron chi connectivity index (χ0n) is 11.9. The van der Waals surface area contributed by atoms with Gasteiger partial charge in [0.25, 0.3) is 0 Å². The highest BCUT2D eigenvalue weighted by atomic mass is 16.5. The van der Waals surface area contributed by atoms with Crippen LogP contribution >= 0.6 is 0 Å². The zero-order chi connectivity index (χ0) is 15.2. The van der Waals surface area contributed by atoms with E-state index in [4.69, 9.17) is 9.84 Å². The molecule has 2 rings (SSSR count). The van der Waals surface area contributed by atoms with Crippen LogP contribution in [-0.4, -0.2) is 54.3 Å². The van der Waals surface area contributed by atoms with E-state index in [1.54, 1.807) is 6.07 Å². The number of carbonyl (C=O) groups is 2. The van der Waals surface area contributed by atoms with Crippen molar-refractivity contribution in [1.82, 2.24) is 10.3 Å². The van der Waals surface area contributed by atoms with Crippen LogP contribution in [0.15, 0.2) is 18.3 Å². The largest absolute Gasteiger partial charge is 0.477 e. The van der Waals surface area contributed by atoms with Crippen molar-refractivity contribution in [3.63, 3.8) is 0 Å². The molecule has 0 radical (unpaired) electrons. The van der Waals surface area contributed by atoms with Crippen LogP contribution in [0.4, 0.5) is 5.69 Å². The molecule has 2 N–H and O–H groups in total. The molecule has 0 aromatic carbocycles. The number of nitrogens with zero attached hydrogens (tertiary/aromatic N) is 2. The number of aromatic nitrogens is 1. The summed E-state index contributed by atoms with van der Waals surface area (Å²) in [5.41, 5.74) is 0.707. The first-order valence-electron chi connectivity index (χ1n) is 6.95. The van der Waals surface area contributed by atoms with E-state index >= 15 is 0 Å². The van der Waals surface area contributed by atoms with Crippen LogP contribution in [0.2, 0.25) is 0 Å². The molecule has 2 heterocycles. The quantitative estimate of drug-likeness (QED) is 0.822. The Morgan fingerprint density at radius 2 is 2.33 bits per heavy atom. The van der Waals surface area contributed by atoms with Gasteiger partial charge in [0.2, 0.25) is 5.91 Å². The zero-order valence-corrected chi connectivity index (χ0v) is 11.9. The highest BCUT2D eigenvalue weighted by Crippen LogP contribution is 2.19. The summed E-state index contributed by atoms with van der Waals surface area (Å²) in [6.07, 6.45) is 2.35. The Hall–Kier alpha value is -2.15. The number of hydrogen-bond donors (Lipinski definition) is 2. The van der Waals surface area contributed by atoms with Gasteiger partial charge < -0.3 is 20.1 Å². The van der Waals surface area contributed by atoms with Crippen LogP contribution in [0.5, 0.6) is 0 Å². The van der Waals surface area contributed by atoms with Gasteiger partial charge in [-0.25, -0.2) is 9.78 Å². The van der Waals surface area contributed by atoms with Crippen LogP contribution in [0.25, 0.3) is 0 Å². The van der Waals surface area contributed by atoms with Gasteiger partial charge in [-0.2, -0.15) is 0 Å². The van der Waals surface area contributed by atoms with Gasteiger partial charge in [0, 0.05) is 13.1 Å². The fourth-order valence-electron chi connectivity index (χ4n) is 2.18. The Bertz CT molecular complexity index is 503. The number of carboxylic acid groups (broad SMARTS) is 1. The highest BCUT2D eigenvalue weighted by molar-refractivity contribution is 5.87. The van der Waals surface area contributed by atoms with Gasteiger partial charge in [0.05, 0.1) is 25.1 Å². The first-order chi connectivity index (χ1) is 10.1. The molecule has 1 unspecified atom stereocenters. The number of pyridine rings is 1. The molecule has 114 valence electrons. The summed E-state index contributed by atoms with van der Waals surface area (Å²) in [5.74, 6) is -1.15. The Kier molecular flexibility index (Phi) is 5.10. The summed E-state index contributed by atoms with van der Waals surface area (Å²) in [7, 11) is 0. The number of amides is 1. The third-order valence-corrected chi connectivity index (χ3v) is 3.28. The van der Waals surface area contributed by atoms with Gasteiger partial charge in [-0.3, -0.25) is 4.79 Å². The van der Waals surface area contributed by atoms with Crippen molar-refractivity contribution >= 4 is 17.6 Å². The minimum absolute atomic E-state index is 0.0148. The van der Waals surface area contributed by atoms with Gasteiger partial charge in [-0.1, -0.05) is 6.92 Å². The van der Waals surface area contributed by atoms with E-state index in [1.807, 2.05) is 11.8 Å². The molecule has 1 aromatic heterocycles. The SMILES string of the molecule is CCCNC(=O)C1COCCN1c1ccc(C(=O)O)nc1. The second-order valence-corrected chi connectivity index (χ2v) is 4.78. The molecule has 1 amide bonds. The number of carboxylic acids is 1. The molecule has 7 nitrogen and oxygen atoms in total. The van der Waals surface area contributed by atoms with Gasteiger partial charge >= 0.3 is 5.97 Å². The lowest BCUT2D eigenvalue weighted by Crippen LogP contribution is -2.54. The van der Waals surface area contributed by atoms with E-state index in [1.165, 1.54) is 12.3 Å². The highest BCUT2D eigenvalue weighted by Gasteiger charge is 2.29. The number of carbonyl (C=O) groups excluding carboxylic acids is 1. The molecule has 7 heteroatoms. The minimum Gasteiger partial charge on any atom is -0.477 e. The first kappa shape index (κ1) is 15.2. The molecule has 0 saturated carbocycles. The van der Waals surface area contributed by atoms with E-state index in [-0.39, 0.29) is 11.6 Å². The molecule has 1 aliphatic heterocycles. The molecular weight excluding hydrogens is 274 g/mol. The number of morpholine rings is 1. The summed E-state index contributed by atoms with van der Waals surface area (Å²) < 4.78 is 5.38. The first-order valence-corrected chi connectivity index (χ1v) is 6.95. The molecule has 1 fully saturated rings. The number of ether oxygens (including phenoxy) is 1. The summed E-state index contributed by atoms with van der Waals surface area (Å²) in [6.45, 7) is 4.02. The molecule has 1 aliphatic rings. The minimum atomic E-state index is -1.07. The van der Waals surface area contributed by atoms with Crippen molar-refractivity contribution in [2.24, 2.45) is 0 Å². The number of rotatable bonds is 5. The normalized spacial score (nSPS) is 18.3. The lowest BCUT2D eigenvalue weighted by molar-refractivity contribution is -0.124. The van der Waals surface area contributed by atoms with Gasteiger partial charge in [0.15, 0.2) is 0 Å².